The molecule has 5 aromatic rings. The molecule has 200 valence electrons. The van der Waals surface area contributed by atoms with E-state index in [1.165, 1.54) is 0 Å². The standard InChI is InChI=1S/C33H27BrN2O4/c1-38-32-18-24(14-16-31(32)40-21-23-8-3-2-4-9-23)22-39-30-17-15-27(34)19-26(30)20-35-36-33(37)29-13-7-11-25-10-5-6-12-28(25)29/h2-20H,21-22H2,1H3,(H,36,37)/b35-20+. The number of methoxy groups -OCH3 is 1. The number of nitrogens with zero attached hydrogens (tertiary/aromatic N) is 1. The van der Waals surface area contributed by atoms with Gasteiger partial charge in [-0.15, -0.1) is 0 Å². The maximum absolute atomic E-state index is 12.8. The van der Waals surface area contributed by atoms with Crippen molar-refractivity contribution in [1.82, 2.24) is 5.43 Å². The molecular formula is C33H27BrN2O4. The Labute approximate surface area is 241 Å². The van der Waals surface area contributed by atoms with E-state index in [-0.39, 0.29) is 5.91 Å². The van der Waals surface area contributed by atoms with Crippen molar-refractivity contribution in [2.75, 3.05) is 7.11 Å². The second kappa shape index (κ2) is 13.0. The van der Waals surface area contributed by atoms with E-state index in [0.29, 0.717) is 41.6 Å². The van der Waals surface area contributed by atoms with Crippen LogP contribution in [0, 0.1) is 0 Å². The number of hydrogen-bond donors (Lipinski definition) is 1. The van der Waals surface area contributed by atoms with Crippen molar-refractivity contribution in [2.24, 2.45) is 5.10 Å². The smallest absolute Gasteiger partial charge is 0.271 e. The summed E-state index contributed by atoms with van der Waals surface area (Å²) in [5, 5.41) is 6.07. The number of hydrazone groups is 1. The van der Waals surface area contributed by atoms with E-state index < -0.39 is 0 Å². The minimum atomic E-state index is -0.285. The van der Waals surface area contributed by atoms with Crippen LogP contribution in [0.2, 0.25) is 0 Å². The maximum atomic E-state index is 12.8. The molecule has 0 spiro atoms. The molecule has 5 rings (SSSR count). The van der Waals surface area contributed by atoms with E-state index in [2.05, 4.69) is 26.5 Å². The highest BCUT2D eigenvalue weighted by Gasteiger charge is 2.11. The summed E-state index contributed by atoms with van der Waals surface area (Å²) in [5.41, 5.74) is 5.90. The average molecular weight is 595 g/mol. The summed E-state index contributed by atoms with van der Waals surface area (Å²) in [4.78, 5) is 12.8. The lowest BCUT2D eigenvalue weighted by Gasteiger charge is -2.14. The molecule has 0 unspecified atom stereocenters. The Kier molecular flexibility index (Phi) is 8.73. The first kappa shape index (κ1) is 27.0. The third-order valence-electron chi connectivity index (χ3n) is 6.24. The summed E-state index contributed by atoms with van der Waals surface area (Å²) in [6.45, 7) is 0.756. The van der Waals surface area contributed by atoms with Gasteiger partial charge in [0.05, 0.1) is 13.3 Å². The molecule has 0 aliphatic heterocycles. The SMILES string of the molecule is COc1cc(COc2ccc(Br)cc2/C=N/NC(=O)c2cccc3ccccc23)ccc1OCc1ccccc1. The number of ether oxygens (including phenoxy) is 3. The number of carbonyl (C=O) groups excluding carboxylic acids is 1. The molecule has 0 heterocycles. The molecule has 0 saturated heterocycles. The van der Waals surface area contributed by atoms with Crippen molar-refractivity contribution in [2.45, 2.75) is 13.2 Å². The fourth-order valence-electron chi connectivity index (χ4n) is 4.21. The van der Waals surface area contributed by atoms with Crippen LogP contribution in [-0.4, -0.2) is 19.2 Å². The monoisotopic (exact) mass is 594 g/mol. The van der Waals surface area contributed by atoms with Crippen LogP contribution in [0.4, 0.5) is 0 Å². The van der Waals surface area contributed by atoms with Gasteiger partial charge >= 0.3 is 0 Å². The summed E-state index contributed by atoms with van der Waals surface area (Å²) in [6.07, 6.45) is 1.57. The van der Waals surface area contributed by atoms with Gasteiger partial charge in [-0.05, 0) is 58.3 Å². The van der Waals surface area contributed by atoms with Crippen LogP contribution in [0.5, 0.6) is 17.2 Å². The number of benzene rings is 5. The second-order valence-electron chi connectivity index (χ2n) is 8.96. The van der Waals surface area contributed by atoms with Crippen LogP contribution in [-0.2, 0) is 13.2 Å². The lowest BCUT2D eigenvalue weighted by atomic mass is 10.0. The van der Waals surface area contributed by atoms with Crippen molar-refractivity contribution in [3.05, 3.63) is 136 Å². The van der Waals surface area contributed by atoms with Gasteiger partial charge in [0.2, 0.25) is 0 Å². The second-order valence-corrected chi connectivity index (χ2v) is 9.87. The normalized spacial score (nSPS) is 10.9. The fraction of sp³-hybridized carbons (Fsp3) is 0.0909. The van der Waals surface area contributed by atoms with Crippen LogP contribution < -0.4 is 19.6 Å². The topological polar surface area (TPSA) is 69.2 Å². The summed E-state index contributed by atoms with van der Waals surface area (Å²) >= 11 is 3.50. The highest BCUT2D eigenvalue weighted by molar-refractivity contribution is 9.10. The van der Waals surface area contributed by atoms with Gasteiger partial charge in [-0.25, -0.2) is 5.43 Å². The summed E-state index contributed by atoms with van der Waals surface area (Å²) in [5.74, 6) is 1.63. The Morgan fingerprint density at radius 3 is 2.35 bits per heavy atom. The van der Waals surface area contributed by atoms with E-state index >= 15 is 0 Å². The zero-order valence-electron chi connectivity index (χ0n) is 21.8. The number of carbonyl (C=O) groups is 1. The highest BCUT2D eigenvalue weighted by atomic mass is 79.9. The van der Waals surface area contributed by atoms with E-state index in [1.54, 1.807) is 19.4 Å². The molecule has 1 N–H and O–H groups in total. The first-order valence-corrected chi connectivity index (χ1v) is 13.5. The molecular weight excluding hydrogens is 568 g/mol. The molecule has 7 heteroatoms. The summed E-state index contributed by atoms with van der Waals surface area (Å²) in [6, 6.07) is 34.7. The zero-order chi connectivity index (χ0) is 27.7. The van der Waals surface area contributed by atoms with Gasteiger partial charge in [0, 0.05) is 15.6 Å². The van der Waals surface area contributed by atoms with Crippen LogP contribution in [0.25, 0.3) is 10.8 Å². The lowest BCUT2D eigenvalue weighted by molar-refractivity contribution is 0.0956. The Balaban J connectivity index is 1.25. The van der Waals surface area contributed by atoms with Gasteiger partial charge in [-0.3, -0.25) is 4.79 Å². The Morgan fingerprint density at radius 1 is 0.775 bits per heavy atom. The largest absolute Gasteiger partial charge is 0.493 e. The van der Waals surface area contributed by atoms with E-state index in [0.717, 1.165) is 26.4 Å². The Hall–Kier alpha value is -4.62. The average Bonchev–Trinajstić information content (AvgIpc) is 3.00. The third-order valence-corrected chi connectivity index (χ3v) is 6.73. The minimum Gasteiger partial charge on any atom is -0.493 e. The maximum Gasteiger partial charge on any atom is 0.271 e. The molecule has 0 aromatic heterocycles. The van der Waals surface area contributed by atoms with Crippen LogP contribution in [0.3, 0.4) is 0 Å². The van der Waals surface area contributed by atoms with E-state index in [9.17, 15) is 4.79 Å². The van der Waals surface area contributed by atoms with E-state index in [1.807, 2.05) is 103 Å². The van der Waals surface area contributed by atoms with Crippen LogP contribution in [0.1, 0.15) is 27.0 Å². The molecule has 0 saturated carbocycles. The predicted octanol–water partition coefficient (Wildman–Crippen LogP) is 7.53. The van der Waals surface area contributed by atoms with Crippen molar-refractivity contribution < 1.29 is 19.0 Å². The van der Waals surface area contributed by atoms with Gasteiger partial charge in [0.1, 0.15) is 19.0 Å². The van der Waals surface area contributed by atoms with Gasteiger partial charge in [0.15, 0.2) is 11.5 Å². The fourth-order valence-corrected chi connectivity index (χ4v) is 4.59. The number of rotatable bonds is 10. The van der Waals surface area contributed by atoms with Crippen LogP contribution >= 0.6 is 15.9 Å². The molecule has 5 aromatic carbocycles. The molecule has 0 atom stereocenters. The van der Waals surface area contributed by atoms with Crippen molar-refractivity contribution in [3.63, 3.8) is 0 Å². The predicted molar refractivity (Wildman–Crippen MR) is 161 cm³/mol. The number of halogens is 1. The van der Waals surface area contributed by atoms with Gasteiger partial charge < -0.3 is 14.2 Å². The molecule has 6 nitrogen and oxygen atoms in total. The minimum absolute atomic E-state index is 0.285. The third kappa shape index (κ3) is 6.68. The molecule has 0 radical (unpaired) electrons. The summed E-state index contributed by atoms with van der Waals surface area (Å²) in [7, 11) is 1.62. The molecule has 0 aliphatic rings. The molecule has 1 amide bonds. The van der Waals surface area contributed by atoms with Crippen molar-refractivity contribution >= 4 is 38.8 Å². The molecule has 0 fully saturated rings. The molecule has 40 heavy (non-hydrogen) atoms. The first-order chi connectivity index (χ1) is 19.6. The van der Waals surface area contributed by atoms with E-state index in [4.69, 9.17) is 14.2 Å². The van der Waals surface area contributed by atoms with Crippen molar-refractivity contribution in [3.8, 4) is 17.2 Å². The zero-order valence-corrected chi connectivity index (χ0v) is 23.4. The molecule has 0 bridgehead atoms. The number of fused-ring (bicyclic) bond motifs is 1. The number of amides is 1. The lowest BCUT2D eigenvalue weighted by Crippen LogP contribution is -2.18. The quantitative estimate of drug-likeness (QED) is 0.134. The molecule has 0 aliphatic carbocycles. The summed E-state index contributed by atoms with van der Waals surface area (Å²) < 4.78 is 18.5. The van der Waals surface area contributed by atoms with Crippen LogP contribution in [0.15, 0.2) is 119 Å². The van der Waals surface area contributed by atoms with Gasteiger partial charge in [-0.1, -0.05) is 88.7 Å². The van der Waals surface area contributed by atoms with Gasteiger partial charge in [-0.2, -0.15) is 5.10 Å². The van der Waals surface area contributed by atoms with Crippen molar-refractivity contribution in [1.29, 1.82) is 0 Å². The number of hydrogen-bond acceptors (Lipinski definition) is 5. The number of nitrogens with one attached hydrogen (secondary N) is 1. The Morgan fingerprint density at radius 2 is 1.50 bits per heavy atom. The Bertz CT molecular complexity index is 1650. The highest BCUT2D eigenvalue weighted by Crippen LogP contribution is 2.30. The first-order valence-electron chi connectivity index (χ1n) is 12.7. The van der Waals surface area contributed by atoms with Gasteiger partial charge in [0.25, 0.3) is 5.91 Å².